The van der Waals surface area contributed by atoms with E-state index < -0.39 is 12.8 Å². The number of hydrogen-bond donors (Lipinski definition) is 1. The Labute approximate surface area is 100.0 Å². The smallest absolute Gasteiger partial charge is 0.407 e. The minimum Gasteiger partial charge on any atom is -0.447 e. The molecule has 0 unspecified atom stereocenters. The standard InChI is InChI=1S/C13H16FNO2/c14-8-9-17-13(16)15-12-7-3-5-10-4-1-2-6-11(10)12/h1-2,4,6,12H,3,5,7-9H2,(H,15,16)/t12-/m1/s1. The van der Waals surface area contributed by atoms with Crippen LogP contribution in [0.5, 0.6) is 0 Å². The van der Waals surface area contributed by atoms with Gasteiger partial charge in [0, 0.05) is 0 Å². The van der Waals surface area contributed by atoms with Crippen molar-refractivity contribution in [2.45, 2.75) is 25.3 Å². The van der Waals surface area contributed by atoms with Crippen molar-refractivity contribution >= 4 is 6.09 Å². The van der Waals surface area contributed by atoms with Gasteiger partial charge in [-0.2, -0.15) is 0 Å². The Kier molecular flexibility index (Phi) is 3.96. The second-order valence-electron chi connectivity index (χ2n) is 4.11. The molecule has 0 spiro atoms. The van der Waals surface area contributed by atoms with Crippen molar-refractivity contribution in [3.05, 3.63) is 35.4 Å². The van der Waals surface area contributed by atoms with Crippen LogP contribution in [-0.2, 0) is 11.2 Å². The SMILES string of the molecule is O=C(N[C@@H]1CCCc2ccccc21)OCCF. The van der Waals surface area contributed by atoms with E-state index in [2.05, 4.69) is 16.1 Å². The average molecular weight is 237 g/mol. The molecule has 1 amide bonds. The number of benzene rings is 1. The summed E-state index contributed by atoms with van der Waals surface area (Å²) in [6.45, 7) is -0.825. The lowest BCUT2D eigenvalue weighted by Gasteiger charge is -2.25. The zero-order chi connectivity index (χ0) is 12.1. The summed E-state index contributed by atoms with van der Waals surface area (Å²) in [6.07, 6.45) is 2.46. The average Bonchev–Trinajstić information content (AvgIpc) is 2.37. The van der Waals surface area contributed by atoms with E-state index in [1.54, 1.807) is 0 Å². The van der Waals surface area contributed by atoms with Crippen LogP contribution in [0.2, 0.25) is 0 Å². The van der Waals surface area contributed by atoms with Crippen molar-refractivity contribution in [3.8, 4) is 0 Å². The van der Waals surface area contributed by atoms with Crippen LogP contribution in [0.1, 0.15) is 30.0 Å². The molecular formula is C13H16FNO2. The number of alkyl carbamates (subject to hydrolysis) is 1. The molecule has 4 heteroatoms. The van der Waals surface area contributed by atoms with Gasteiger partial charge in [-0.05, 0) is 30.4 Å². The molecule has 1 aromatic carbocycles. The molecule has 1 aliphatic rings. The zero-order valence-electron chi connectivity index (χ0n) is 9.62. The van der Waals surface area contributed by atoms with Crippen molar-refractivity contribution in [2.24, 2.45) is 0 Å². The highest BCUT2D eigenvalue weighted by atomic mass is 19.1. The first kappa shape index (κ1) is 11.9. The summed E-state index contributed by atoms with van der Waals surface area (Å²) in [4.78, 5) is 11.4. The first-order valence-electron chi connectivity index (χ1n) is 5.88. The molecule has 1 aromatic rings. The Morgan fingerprint density at radius 2 is 2.29 bits per heavy atom. The number of aryl methyl sites for hydroxylation is 1. The third-order valence-corrected chi connectivity index (χ3v) is 2.97. The maximum absolute atomic E-state index is 11.9. The van der Waals surface area contributed by atoms with Gasteiger partial charge in [0.25, 0.3) is 0 Å². The highest BCUT2D eigenvalue weighted by Crippen LogP contribution is 2.29. The molecule has 1 N–H and O–H groups in total. The summed E-state index contributed by atoms with van der Waals surface area (Å²) in [6, 6.07) is 8.06. The fourth-order valence-electron chi connectivity index (χ4n) is 2.22. The molecule has 0 radical (unpaired) electrons. The van der Waals surface area contributed by atoms with E-state index in [9.17, 15) is 9.18 Å². The number of halogens is 1. The highest BCUT2D eigenvalue weighted by molar-refractivity contribution is 5.68. The molecule has 1 aliphatic carbocycles. The first-order valence-corrected chi connectivity index (χ1v) is 5.88. The highest BCUT2D eigenvalue weighted by Gasteiger charge is 2.21. The maximum atomic E-state index is 11.9. The number of hydrogen-bond acceptors (Lipinski definition) is 2. The van der Waals surface area contributed by atoms with Crippen molar-refractivity contribution < 1.29 is 13.9 Å². The Balaban J connectivity index is 2.01. The molecule has 17 heavy (non-hydrogen) atoms. The Bertz CT molecular complexity index is 395. The lowest BCUT2D eigenvalue weighted by Crippen LogP contribution is -2.31. The third kappa shape index (κ3) is 2.96. The van der Waals surface area contributed by atoms with Crippen LogP contribution in [0.25, 0.3) is 0 Å². The molecule has 0 saturated carbocycles. The summed E-state index contributed by atoms with van der Waals surface area (Å²) >= 11 is 0. The fourth-order valence-corrected chi connectivity index (χ4v) is 2.22. The number of carbonyl (C=O) groups is 1. The molecule has 0 saturated heterocycles. The van der Waals surface area contributed by atoms with E-state index in [1.807, 2.05) is 18.2 Å². The summed E-state index contributed by atoms with van der Waals surface area (Å²) < 4.78 is 16.5. The lowest BCUT2D eigenvalue weighted by atomic mass is 9.88. The summed E-state index contributed by atoms with van der Waals surface area (Å²) in [5.74, 6) is 0. The Morgan fingerprint density at radius 1 is 1.47 bits per heavy atom. The lowest BCUT2D eigenvalue weighted by molar-refractivity contribution is 0.133. The van der Waals surface area contributed by atoms with Gasteiger partial charge < -0.3 is 10.1 Å². The van der Waals surface area contributed by atoms with Crippen molar-refractivity contribution in [1.29, 1.82) is 0 Å². The van der Waals surface area contributed by atoms with Gasteiger partial charge in [0.2, 0.25) is 0 Å². The quantitative estimate of drug-likeness (QED) is 0.877. The second kappa shape index (κ2) is 5.66. The molecule has 1 atom stereocenters. The van der Waals surface area contributed by atoms with E-state index >= 15 is 0 Å². The number of alkyl halides is 1. The van der Waals surface area contributed by atoms with Crippen LogP contribution in [0.4, 0.5) is 9.18 Å². The van der Waals surface area contributed by atoms with Crippen LogP contribution in [-0.4, -0.2) is 19.4 Å². The fraction of sp³-hybridized carbons (Fsp3) is 0.462. The van der Waals surface area contributed by atoms with Crippen LogP contribution in [0.15, 0.2) is 24.3 Å². The molecule has 0 heterocycles. The normalized spacial score (nSPS) is 18.3. The van der Waals surface area contributed by atoms with Gasteiger partial charge >= 0.3 is 6.09 Å². The largest absolute Gasteiger partial charge is 0.447 e. The van der Waals surface area contributed by atoms with Gasteiger partial charge in [0.05, 0.1) is 6.04 Å². The predicted octanol–water partition coefficient (Wildman–Crippen LogP) is 2.76. The molecule has 3 nitrogen and oxygen atoms in total. The van der Waals surface area contributed by atoms with Crippen LogP contribution in [0, 0.1) is 0 Å². The summed E-state index contributed by atoms with van der Waals surface area (Å²) in [5, 5.41) is 2.78. The summed E-state index contributed by atoms with van der Waals surface area (Å²) in [5.41, 5.74) is 2.42. The zero-order valence-corrected chi connectivity index (χ0v) is 9.62. The molecule has 0 aromatic heterocycles. The Morgan fingerprint density at radius 3 is 3.12 bits per heavy atom. The number of rotatable bonds is 3. The van der Waals surface area contributed by atoms with Crippen molar-refractivity contribution in [1.82, 2.24) is 5.32 Å². The molecular weight excluding hydrogens is 221 g/mol. The predicted molar refractivity (Wildman–Crippen MR) is 62.6 cm³/mol. The number of ether oxygens (including phenoxy) is 1. The first-order chi connectivity index (χ1) is 8.31. The van der Waals surface area contributed by atoms with Gasteiger partial charge in [0.15, 0.2) is 0 Å². The molecule has 92 valence electrons. The minimum absolute atomic E-state index is 0.00735. The van der Waals surface area contributed by atoms with Crippen molar-refractivity contribution in [3.63, 3.8) is 0 Å². The number of nitrogens with one attached hydrogen (secondary N) is 1. The maximum Gasteiger partial charge on any atom is 0.407 e. The van der Waals surface area contributed by atoms with Gasteiger partial charge in [-0.15, -0.1) is 0 Å². The minimum atomic E-state index is -0.644. The number of fused-ring (bicyclic) bond motifs is 1. The molecule has 0 bridgehead atoms. The molecule has 2 rings (SSSR count). The van der Waals surface area contributed by atoms with Gasteiger partial charge in [-0.3, -0.25) is 0 Å². The van der Waals surface area contributed by atoms with Gasteiger partial charge in [-0.1, -0.05) is 24.3 Å². The molecule has 0 aliphatic heterocycles. The monoisotopic (exact) mass is 237 g/mol. The van der Waals surface area contributed by atoms with E-state index in [0.717, 1.165) is 24.8 Å². The van der Waals surface area contributed by atoms with Gasteiger partial charge in [-0.25, -0.2) is 9.18 Å². The van der Waals surface area contributed by atoms with Crippen LogP contribution in [0.3, 0.4) is 0 Å². The number of carbonyl (C=O) groups excluding carboxylic acids is 1. The van der Waals surface area contributed by atoms with Crippen LogP contribution >= 0.6 is 0 Å². The topological polar surface area (TPSA) is 38.3 Å². The van der Waals surface area contributed by atoms with E-state index in [1.165, 1.54) is 5.56 Å². The van der Waals surface area contributed by atoms with Crippen LogP contribution < -0.4 is 5.32 Å². The number of amides is 1. The van der Waals surface area contributed by atoms with E-state index in [0.29, 0.717) is 0 Å². The van der Waals surface area contributed by atoms with E-state index in [4.69, 9.17) is 0 Å². The molecule has 0 fully saturated rings. The Hall–Kier alpha value is -1.58. The summed E-state index contributed by atoms with van der Waals surface area (Å²) in [7, 11) is 0. The van der Waals surface area contributed by atoms with Gasteiger partial charge in [0.1, 0.15) is 13.3 Å². The van der Waals surface area contributed by atoms with Crippen molar-refractivity contribution in [2.75, 3.05) is 13.3 Å². The third-order valence-electron chi connectivity index (χ3n) is 2.97. The van der Waals surface area contributed by atoms with E-state index in [-0.39, 0.29) is 12.6 Å². The second-order valence-corrected chi connectivity index (χ2v) is 4.11.